The highest BCUT2D eigenvalue weighted by Gasteiger charge is 2.41. The van der Waals surface area contributed by atoms with Crippen LogP contribution in [0.4, 0.5) is 4.79 Å². The van der Waals surface area contributed by atoms with Crippen molar-refractivity contribution in [2.75, 3.05) is 13.1 Å². The second-order valence-electron chi connectivity index (χ2n) is 6.64. The summed E-state index contributed by atoms with van der Waals surface area (Å²) in [7, 11) is 0. The Kier molecular flexibility index (Phi) is 3.21. The quantitative estimate of drug-likeness (QED) is 0.790. The van der Waals surface area contributed by atoms with Gasteiger partial charge in [-0.3, -0.25) is 4.90 Å². The average Bonchev–Trinajstić information content (AvgIpc) is 2.85. The largest absolute Gasteiger partial charge is 0.444 e. The third-order valence-electron chi connectivity index (χ3n) is 4.01. The molecule has 1 fully saturated rings. The number of hydrogen-bond donors (Lipinski definition) is 1. The van der Waals surface area contributed by atoms with Crippen molar-refractivity contribution in [1.29, 1.82) is 0 Å². The Bertz CT molecular complexity index is 521. The van der Waals surface area contributed by atoms with Gasteiger partial charge in [-0.2, -0.15) is 0 Å². The number of fused-ring (bicyclic) bond motifs is 3. The lowest BCUT2D eigenvalue weighted by Gasteiger charge is -2.39. The van der Waals surface area contributed by atoms with Gasteiger partial charge >= 0.3 is 6.09 Å². The molecular formula is C16H22N2O2. The molecule has 0 saturated carbocycles. The molecule has 108 valence electrons. The van der Waals surface area contributed by atoms with Crippen LogP contribution in [-0.2, 0) is 11.3 Å². The third-order valence-corrected chi connectivity index (χ3v) is 4.01. The minimum absolute atomic E-state index is 0.203. The first-order valence-corrected chi connectivity index (χ1v) is 7.24. The smallest absolute Gasteiger partial charge is 0.410 e. The lowest BCUT2D eigenvalue weighted by atomic mass is 9.86. The first kappa shape index (κ1) is 13.4. The molecule has 2 aliphatic heterocycles. The zero-order valence-electron chi connectivity index (χ0n) is 12.3. The van der Waals surface area contributed by atoms with Gasteiger partial charge in [0.1, 0.15) is 5.60 Å². The van der Waals surface area contributed by atoms with E-state index in [0.717, 1.165) is 13.1 Å². The summed E-state index contributed by atoms with van der Waals surface area (Å²) in [6.45, 7) is 8.15. The number of benzene rings is 1. The minimum Gasteiger partial charge on any atom is -0.444 e. The van der Waals surface area contributed by atoms with Crippen molar-refractivity contribution in [3.05, 3.63) is 35.4 Å². The van der Waals surface area contributed by atoms with Gasteiger partial charge in [0.15, 0.2) is 0 Å². The zero-order chi connectivity index (χ0) is 14.3. The molecule has 0 bridgehead atoms. The van der Waals surface area contributed by atoms with Gasteiger partial charge in [0.05, 0.1) is 6.04 Å². The standard InChI is InChI=1S/C16H22N2O2/c1-16(2,3)20-15(19)18-10-11-6-4-5-7-12(11)13-8-17-9-14(13)18/h4-7,13-14,17H,8-10H2,1-3H3/t13-,14-/m0/s1. The van der Waals surface area contributed by atoms with Crippen LogP contribution in [-0.4, -0.2) is 35.7 Å². The van der Waals surface area contributed by atoms with E-state index < -0.39 is 5.60 Å². The first-order valence-electron chi connectivity index (χ1n) is 7.24. The van der Waals surface area contributed by atoms with Crippen LogP contribution in [0.3, 0.4) is 0 Å². The molecule has 1 aromatic rings. The molecule has 1 amide bonds. The van der Waals surface area contributed by atoms with Crippen LogP contribution in [0.25, 0.3) is 0 Å². The van der Waals surface area contributed by atoms with E-state index in [1.807, 2.05) is 31.7 Å². The summed E-state index contributed by atoms with van der Waals surface area (Å²) in [6.07, 6.45) is -0.203. The average molecular weight is 274 g/mol. The number of nitrogens with zero attached hydrogens (tertiary/aromatic N) is 1. The van der Waals surface area contributed by atoms with E-state index >= 15 is 0 Å². The molecule has 1 aromatic carbocycles. The SMILES string of the molecule is CC(C)(C)OC(=O)N1Cc2ccccc2[C@@H]2CNC[C@@H]21. The molecular weight excluding hydrogens is 252 g/mol. The maximum atomic E-state index is 12.4. The zero-order valence-corrected chi connectivity index (χ0v) is 12.3. The molecule has 4 nitrogen and oxygen atoms in total. The van der Waals surface area contributed by atoms with Gasteiger partial charge in [-0.15, -0.1) is 0 Å². The van der Waals surface area contributed by atoms with Crippen molar-refractivity contribution in [3.63, 3.8) is 0 Å². The number of hydrogen-bond acceptors (Lipinski definition) is 3. The van der Waals surface area contributed by atoms with Gasteiger partial charge in [-0.25, -0.2) is 4.79 Å². The third kappa shape index (κ3) is 2.40. The lowest BCUT2D eigenvalue weighted by molar-refractivity contribution is 0.0120. The molecule has 0 radical (unpaired) electrons. The Morgan fingerprint density at radius 2 is 2.05 bits per heavy atom. The van der Waals surface area contributed by atoms with Crippen LogP contribution in [0.2, 0.25) is 0 Å². The minimum atomic E-state index is -0.449. The number of rotatable bonds is 0. The number of carbonyl (C=O) groups is 1. The van der Waals surface area contributed by atoms with E-state index in [0.29, 0.717) is 12.5 Å². The molecule has 0 spiro atoms. The van der Waals surface area contributed by atoms with Crippen molar-refractivity contribution < 1.29 is 9.53 Å². The Morgan fingerprint density at radius 3 is 2.80 bits per heavy atom. The molecule has 0 unspecified atom stereocenters. The summed E-state index contributed by atoms with van der Waals surface area (Å²) >= 11 is 0. The van der Waals surface area contributed by atoms with E-state index in [1.165, 1.54) is 11.1 Å². The van der Waals surface area contributed by atoms with E-state index in [-0.39, 0.29) is 12.1 Å². The highest BCUT2D eigenvalue weighted by Crippen LogP contribution is 2.36. The fourth-order valence-electron chi connectivity index (χ4n) is 3.17. The summed E-state index contributed by atoms with van der Waals surface area (Å²) in [4.78, 5) is 14.3. The van der Waals surface area contributed by atoms with Crippen LogP contribution < -0.4 is 5.32 Å². The predicted molar refractivity (Wildman–Crippen MR) is 77.6 cm³/mol. The van der Waals surface area contributed by atoms with Gasteiger partial charge in [-0.1, -0.05) is 24.3 Å². The van der Waals surface area contributed by atoms with Gasteiger partial charge in [0.25, 0.3) is 0 Å². The first-order chi connectivity index (χ1) is 9.46. The second-order valence-corrected chi connectivity index (χ2v) is 6.64. The molecule has 2 aliphatic rings. The molecule has 3 rings (SSSR count). The molecule has 0 aliphatic carbocycles. The van der Waals surface area contributed by atoms with Crippen LogP contribution in [0, 0.1) is 0 Å². The van der Waals surface area contributed by atoms with Crippen molar-refractivity contribution >= 4 is 6.09 Å². The number of amides is 1. The fraction of sp³-hybridized carbons (Fsp3) is 0.562. The van der Waals surface area contributed by atoms with Crippen LogP contribution in [0.5, 0.6) is 0 Å². The molecule has 2 heterocycles. The lowest BCUT2D eigenvalue weighted by Crippen LogP contribution is -2.48. The Balaban J connectivity index is 1.89. The summed E-state index contributed by atoms with van der Waals surface area (Å²) in [5, 5.41) is 3.40. The number of nitrogens with one attached hydrogen (secondary N) is 1. The molecule has 1 N–H and O–H groups in total. The van der Waals surface area contributed by atoms with E-state index in [1.54, 1.807) is 0 Å². The van der Waals surface area contributed by atoms with Gasteiger partial charge < -0.3 is 10.1 Å². The summed E-state index contributed by atoms with van der Waals surface area (Å²) < 4.78 is 5.56. The van der Waals surface area contributed by atoms with Crippen molar-refractivity contribution in [2.24, 2.45) is 0 Å². The number of carbonyl (C=O) groups excluding carboxylic acids is 1. The summed E-state index contributed by atoms with van der Waals surface area (Å²) in [6, 6.07) is 8.62. The van der Waals surface area contributed by atoms with Crippen molar-refractivity contribution in [2.45, 2.75) is 44.9 Å². The van der Waals surface area contributed by atoms with Crippen LogP contribution in [0.1, 0.15) is 37.8 Å². The van der Waals surface area contributed by atoms with Crippen molar-refractivity contribution in [1.82, 2.24) is 10.2 Å². The molecule has 0 aromatic heterocycles. The topological polar surface area (TPSA) is 41.6 Å². The Hall–Kier alpha value is -1.55. The molecule has 4 heteroatoms. The highest BCUT2D eigenvalue weighted by molar-refractivity contribution is 5.69. The normalized spacial score (nSPS) is 25.1. The van der Waals surface area contributed by atoms with Gasteiger partial charge in [-0.05, 0) is 31.9 Å². The van der Waals surface area contributed by atoms with E-state index in [4.69, 9.17) is 4.74 Å². The second kappa shape index (κ2) is 4.77. The molecule has 2 atom stereocenters. The van der Waals surface area contributed by atoms with Gasteiger partial charge in [0.2, 0.25) is 0 Å². The van der Waals surface area contributed by atoms with E-state index in [2.05, 4.69) is 23.5 Å². The highest BCUT2D eigenvalue weighted by atomic mass is 16.6. The summed E-state index contributed by atoms with van der Waals surface area (Å²) in [5.41, 5.74) is 2.17. The van der Waals surface area contributed by atoms with E-state index in [9.17, 15) is 4.79 Å². The van der Waals surface area contributed by atoms with Crippen molar-refractivity contribution in [3.8, 4) is 0 Å². The Labute approximate surface area is 120 Å². The maximum absolute atomic E-state index is 12.4. The van der Waals surface area contributed by atoms with Crippen LogP contribution in [0.15, 0.2) is 24.3 Å². The molecule has 1 saturated heterocycles. The monoisotopic (exact) mass is 274 g/mol. The Morgan fingerprint density at radius 1 is 1.30 bits per heavy atom. The summed E-state index contributed by atoms with van der Waals surface area (Å²) in [5.74, 6) is 0.382. The van der Waals surface area contributed by atoms with Crippen LogP contribution >= 0.6 is 0 Å². The predicted octanol–water partition coefficient (Wildman–Crippen LogP) is 2.49. The maximum Gasteiger partial charge on any atom is 0.410 e. The number of ether oxygens (including phenoxy) is 1. The molecule has 20 heavy (non-hydrogen) atoms. The van der Waals surface area contributed by atoms with Gasteiger partial charge in [0, 0.05) is 25.6 Å². The fourth-order valence-corrected chi connectivity index (χ4v) is 3.17.